The molecule has 0 spiro atoms. The third kappa shape index (κ3) is 6.39. The standard InChI is InChI=1S/C29H31ClN6O3/c1-2-35(9-10-37)16-20-5-8-26-21(11-20)12-27(34-26)25-13-24(15-31-29(25)39)33-28(38)22-14-32-36(18-22)17-19-3-6-23(30)7-4-19/h3-6,8,11-15,18,23,34,37H,2,7,9-10,16-17H2,1H3,(H,31,39)(H,33,38). The molecule has 0 fully saturated rings. The summed E-state index contributed by atoms with van der Waals surface area (Å²) in [6.45, 7) is 4.93. The van der Waals surface area contributed by atoms with Crippen molar-refractivity contribution in [2.45, 2.75) is 31.8 Å². The van der Waals surface area contributed by atoms with Crippen molar-refractivity contribution in [2.75, 3.05) is 25.0 Å². The molecule has 0 saturated heterocycles. The first-order valence-electron chi connectivity index (χ1n) is 12.9. The van der Waals surface area contributed by atoms with Gasteiger partial charge < -0.3 is 20.4 Å². The fourth-order valence-electron chi connectivity index (χ4n) is 4.64. The highest BCUT2D eigenvalue weighted by atomic mass is 35.5. The highest BCUT2D eigenvalue weighted by Crippen LogP contribution is 2.25. The summed E-state index contributed by atoms with van der Waals surface area (Å²) in [6.07, 6.45) is 11.5. The number of likely N-dealkylation sites (N-methyl/N-ethyl adjacent to an activating group) is 1. The number of allylic oxidation sites excluding steroid dienone is 4. The maximum absolute atomic E-state index is 12.9. The summed E-state index contributed by atoms with van der Waals surface area (Å²) in [5, 5.41) is 17.4. The van der Waals surface area contributed by atoms with Crippen molar-refractivity contribution in [3.05, 3.63) is 94.2 Å². The first-order chi connectivity index (χ1) is 18.9. The molecular formula is C29H31ClN6O3. The van der Waals surface area contributed by atoms with Crippen molar-refractivity contribution in [2.24, 2.45) is 0 Å². The number of fused-ring (bicyclic) bond motifs is 1. The first kappa shape index (κ1) is 26.7. The number of aromatic amines is 2. The molecule has 1 unspecified atom stereocenters. The van der Waals surface area contributed by atoms with E-state index in [1.54, 1.807) is 16.9 Å². The molecule has 4 aromatic rings. The molecule has 0 bridgehead atoms. The Morgan fingerprint density at radius 2 is 2.18 bits per heavy atom. The van der Waals surface area contributed by atoms with E-state index in [4.69, 9.17) is 11.6 Å². The summed E-state index contributed by atoms with van der Waals surface area (Å²) in [5.41, 5.74) is 4.82. The van der Waals surface area contributed by atoms with Crippen LogP contribution in [0.25, 0.3) is 22.2 Å². The largest absolute Gasteiger partial charge is 0.395 e. The third-order valence-electron chi connectivity index (χ3n) is 6.77. The van der Waals surface area contributed by atoms with Crippen LogP contribution in [0.1, 0.15) is 29.3 Å². The van der Waals surface area contributed by atoms with E-state index >= 15 is 0 Å². The smallest absolute Gasteiger partial charge is 0.258 e. The van der Waals surface area contributed by atoms with Gasteiger partial charge in [0.25, 0.3) is 11.5 Å². The molecule has 1 atom stereocenters. The zero-order chi connectivity index (χ0) is 27.4. The van der Waals surface area contributed by atoms with Crippen molar-refractivity contribution < 1.29 is 9.90 Å². The molecule has 0 aliphatic heterocycles. The second-order valence-corrected chi connectivity index (χ2v) is 10.2. The number of nitrogens with one attached hydrogen (secondary N) is 3. The van der Waals surface area contributed by atoms with Gasteiger partial charge in [-0.3, -0.25) is 19.2 Å². The molecule has 3 aromatic heterocycles. The number of nitrogens with zero attached hydrogens (tertiary/aromatic N) is 3. The number of benzene rings is 1. The normalized spacial score (nSPS) is 15.2. The Kier molecular flexibility index (Phi) is 8.11. The minimum Gasteiger partial charge on any atom is -0.395 e. The number of amides is 1. The fourth-order valence-corrected chi connectivity index (χ4v) is 4.81. The fraction of sp³-hybridized carbons (Fsp3) is 0.276. The Bertz CT molecular complexity index is 1600. The highest BCUT2D eigenvalue weighted by molar-refractivity contribution is 6.22. The Balaban J connectivity index is 1.30. The molecule has 1 amide bonds. The number of alkyl halides is 1. The van der Waals surface area contributed by atoms with Crippen molar-refractivity contribution in [3.63, 3.8) is 0 Å². The topological polar surface area (TPSA) is 119 Å². The lowest BCUT2D eigenvalue weighted by Crippen LogP contribution is -2.25. The van der Waals surface area contributed by atoms with Crippen LogP contribution in [0.4, 0.5) is 5.69 Å². The van der Waals surface area contributed by atoms with Gasteiger partial charge in [-0.25, -0.2) is 0 Å². The number of rotatable bonds is 10. The van der Waals surface area contributed by atoms with Crippen LogP contribution >= 0.6 is 11.6 Å². The number of hydrogen-bond donors (Lipinski definition) is 4. The maximum atomic E-state index is 12.9. The van der Waals surface area contributed by atoms with Crippen molar-refractivity contribution in [1.82, 2.24) is 24.6 Å². The molecule has 0 radical (unpaired) electrons. The summed E-state index contributed by atoms with van der Waals surface area (Å²) in [4.78, 5) is 33.8. The van der Waals surface area contributed by atoms with Crippen LogP contribution in [0.5, 0.6) is 0 Å². The van der Waals surface area contributed by atoms with Crippen LogP contribution in [0.3, 0.4) is 0 Å². The van der Waals surface area contributed by atoms with E-state index in [-0.39, 0.29) is 23.5 Å². The summed E-state index contributed by atoms with van der Waals surface area (Å²) in [5.74, 6) is -0.321. The molecule has 9 nitrogen and oxygen atoms in total. The van der Waals surface area contributed by atoms with Gasteiger partial charge in [-0.05, 0) is 48.4 Å². The molecule has 1 aromatic carbocycles. The van der Waals surface area contributed by atoms with Crippen LogP contribution in [0, 0.1) is 0 Å². The predicted molar refractivity (Wildman–Crippen MR) is 154 cm³/mol. The monoisotopic (exact) mass is 546 g/mol. The van der Waals surface area contributed by atoms with Gasteiger partial charge in [-0.2, -0.15) is 5.10 Å². The Morgan fingerprint density at radius 3 is 2.95 bits per heavy atom. The molecule has 202 valence electrons. The third-order valence-corrected chi connectivity index (χ3v) is 7.09. The zero-order valence-corrected chi connectivity index (χ0v) is 22.4. The van der Waals surface area contributed by atoms with E-state index in [0.29, 0.717) is 35.6 Å². The SMILES string of the molecule is CCN(CCO)Cc1ccc2[nH]c(-c3cc(NC(=O)c4cnn(CC5=CCC(Cl)C=C5)c4)c[nH]c3=O)cc2c1. The molecule has 3 heterocycles. The Labute approximate surface area is 230 Å². The maximum Gasteiger partial charge on any atom is 0.258 e. The van der Waals surface area contributed by atoms with Gasteiger partial charge >= 0.3 is 0 Å². The van der Waals surface area contributed by atoms with Crippen LogP contribution in [-0.2, 0) is 13.1 Å². The second kappa shape index (κ2) is 11.9. The number of aromatic nitrogens is 4. The zero-order valence-electron chi connectivity index (χ0n) is 21.7. The molecule has 0 saturated carbocycles. The van der Waals surface area contributed by atoms with Gasteiger partial charge in [0.15, 0.2) is 0 Å². The summed E-state index contributed by atoms with van der Waals surface area (Å²) in [6, 6.07) is 9.71. The lowest BCUT2D eigenvalue weighted by Gasteiger charge is -2.19. The minimum atomic E-state index is -0.321. The molecule has 1 aliphatic carbocycles. The number of halogens is 1. The Hall–Kier alpha value is -3.92. The van der Waals surface area contributed by atoms with Crippen LogP contribution in [0.15, 0.2) is 77.5 Å². The number of pyridine rings is 1. The lowest BCUT2D eigenvalue weighted by molar-refractivity contribution is 0.102. The number of anilines is 1. The van der Waals surface area contributed by atoms with E-state index in [1.807, 2.05) is 30.4 Å². The number of aliphatic hydroxyl groups excluding tert-OH is 1. The van der Waals surface area contributed by atoms with E-state index in [1.165, 1.54) is 12.4 Å². The van der Waals surface area contributed by atoms with Crippen molar-refractivity contribution in [3.8, 4) is 11.3 Å². The summed E-state index contributed by atoms with van der Waals surface area (Å²) in [7, 11) is 0. The van der Waals surface area contributed by atoms with Gasteiger partial charge in [0.1, 0.15) is 0 Å². The lowest BCUT2D eigenvalue weighted by atomic mass is 10.1. The quantitative estimate of drug-likeness (QED) is 0.221. The number of aliphatic hydroxyl groups is 1. The molecule has 39 heavy (non-hydrogen) atoms. The van der Waals surface area contributed by atoms with E-state index in [9.17, 15) is 14.7 Å². The number of carbonyl (C=O) groups is 1. The molecule has 10 heteroatoms. The molecular weight excluding hydrogens is 516 g/mol. The Morgan fingerprint density at radius 1 is 1.31 bits per heavy atom. The summed E-state index contributed by atoms with van der Waals surface area (Å²) >= 11 is 6.09. The minimum absolute atomic E-state index is 0.0193. The summed E-state index contributed by atoms with van der Waals surface area (Å²) < 4.78 is 1.71. The van der Waals surface area contributed by atoms with Crippen LogP contribution in [0.2, 0.25) is 0 Å². The van der Waals surface area contributed by atoms with Gasteiger partial charge in [-0.15, -0.1) is 11.6 Å². The first-order valence-corrected chi connectivity index (χ1v) is 13.4. The average Bonchev–Trinajstić information content (AvgIpc) is 3.58. The van der Waals surface area contributed by atoms with Gasteiger partial charge in [0, 0.05) is 36.4 Å². The van der Waals surface area contributed by atoms with E-state index in [2.05, 4.69) is 44.3 Å². The highest BCUT2D eigenvalue weighted by Gasteiger charge is 2.14. The van der Waals surface area contributed by atoms with E-state index < -0.39 is 0 Å². The number of hydrogen-bond acceptors (Lipinski definition) is 5. The van der Waals surface area contributed by atoms with Crippen molar-refractivity contribution >= 4 is 34.1 Å². The molecule has 5 rings (SSSR count). The molecule has 4 N–H and O–H groups in total. The molecule has 1 aliphatic rings. The van der Waals surface area contributed by atoms with E-state index in [0.717, 1.165) is 41.5 Å². The average molecular weight is 547 g/mol. The predicted octanol–water partition coefficient (Wildman–Crippen LogP) is 4.28. The van der Waals surface area contributed by atoms with Crippen LogP contribution in [-0.4, -0.2) is 60.7 Å². The van der Waals surface area contributed by atoms with Crippen LogP contribution < -0.4 is 10.9 Å². The second-order valence-electron chi connectivity index (χ2n) is 9.60. The number of carbonyl (C=O) groups excluding carboxylic acids is 1. The van der Waals surface area contributed by atoms with Gasteiger partial charge in [0.2, 0.25) is 0 Å². The van der Waals surface area contributed by atoms with Gasteiger partial charge in [0.05, 0.1) is 47.2 Å². The van der Waals surface area contributed by atoms with Gasteiger partial charge in [-0.1, -0.05) is 31.2 Å². The van der Waals surface area contributed by atoms with Crippen molar-refractivity contribution in [1.29, 1.82) is 0 Å². The number of H-pyrrole nitrogens is 2.